The lowest BCUT2D eigenvalue weighted by molar-refractivity contribution is 0.0310. The number of hydrogen-bond donors (Lipinski definition) is 2. The Morgan fingerprint density at radius 3 is 2.55 bits per heavy atom. The molecule has 0 heterocycles. The number of ether oxygens (including phenoxy) is 1. The number of methoxy groups -OCH3 is 1. The molecule has 0 amide bonds. The summed E-state index contributed by atoms with van der Waals surface area (Å²) in [6.45, 7) is 10.7. The summed E-state index contributed by atoms with van der Waals surface area (Å²) in [6.07, 6.45) is 0. The normalized spacial score (nSPS) is 13.8. The summed E-state index contributed by atoms with van der Waals surface area (Å²) in [5, 5.41) is 7.13. The van der Waals surface area contributed by atoms with Gasteiger partial charge in [-0.3, -0.25) is 4.99 Å². The van der Waals surface area contributed by atoms with E-state index in [-0.39, 0.29) is 5.60 Å². The molecular weight excluding hydrogens is 294 g/mol. The lowest BCUT2D eigenvalue weighted by Gasteiger charge is -2.22. The van der Waals surface area contributed by atoms with Crippen LogP contribution >= 0.6 is 11.8 Å². The fourth-order valence-electron chi connectivity index (χ4n) is 1.69. The van der Waals surface area contributed by atoms with Gasteiger partial charge < -0.3 is 15.4 Å². The van der Waals surface area contributed by atoms with Gasteiger partial charge in [0.25, 0.3) is 0 Å². The number of aliphatic imine (C=N–C) groups is 1. The number of benzene rings is 1. The standard InChI is InChI=1S/C17H29N3OS/c1-6-18-16(20-13-17(3,4)21-5)19-12-14(2)22-15-10-8-7-9-11-15/h7-11,14H,6,12-13H2,1-5H3,(H2,18,19,20). The molecule has 1 aromatic rings. The maximum absolute atomic E-state index is 5.40. The predicted molar refractivity (Wildman–Crippen MR) is 96.8 cm³/mol. The van der Waals surface area contributed by atoms with E-state index in [1.54, 1.807) is 7.11 Å². The highest BCUT2D eigenvalue weighted by molar-refractivity contribution is 8.00. The second-order valence-corrected chi connectivity index (χ2v) is 7.29. The number of guanidine groups is 1. The van der Waals surface area contributed by atoms with Crippen molar-refractivity contribution in [2.75, 3.05) is 26.7 Å². The van der Waals surface area contributed by atoms with Gasteiger partial charge in [-0.15, -0.1) is 11.8 Å². The molecule has 0 aliphatic heterocycles. The van der Waals surface area contributed by atoms with Crippen LogP contribution < -0.4 is 10.6 Å². The minimum atomic E-state index is -0.243. The second kappa shape index (κ2) is 9.74. The van der Waals surface area contributed by atoms with Crippen LogP contribution in [-0.4, -0.2) is 43.6 Å². The van der Waals surface area contributed by atoms with Gasteiger partial charge in [-0.25, -0.2) is 0 Å². The van der Waals surface area contributed by atoms with Crippen molar-refractivity contribution in [1.29, 1.82) is 0 Å². The van der Waals surface area contributed by atoms with Crippen LogP contribution in [-0.2, 0) is 4.74 Å². The topological polar surface area (TPSA) is 45.7 Å². The Hall–Kier alpha value is -1.20. The first-order chi connectivity index (χ1) is 10.5. The average Bonchev–Trinajstić information content (AvgIpc) is 2.51. The van der Waals surface area contributed by atoms with Crippen molar-refractivity contribution in [2.45, 2.75) is 43.4 Å². The van der Waals surface area contributed by atoms with Crippen molar-refractivity contribution in [2.24, 2.45) is 4.99 Å². The number of nitrogens with zero attached hydrogens (tertiary/aromatic N) is 1. The molecule has 5 heteroatoms. The lowest BCUT2D eigenvalue weighted by Crippen LogP contribution is -2.41. The fraction of sp³-hybridized carbons (Fsp3) is 0.588. The van der Waals surface area contributed by atoms with Gasteiger partial charge in [0.05, 0.1) is 12.1 Å². The van der Waals surface area contributed by atoms with E-state index in [2.05, 4.69) is 53.7 Å². The lowest BCUT2D eigenvalue weighted by atomic mass is 10.1. The van der Waals surface area contributed by atoms with Crippen molar-refractivity contribution in [3.63, 3.8) is 0 Å². The van der Waals surface area contributed by atoms with Crippen molar-refractivity contribution in [1.82, 2.24) is 10.6 Å². The molecule has 22 heavy (non-hydrogen) atoms. The Labute approximate surface area is 139 Å². The Morgan fingerprint density at radius 1 is 1.27 bits per heavy atom. The highest BCUT2D eigenvalue weighted by Crippen LogP contribution is 2.21. The van der Waals surface area contributed by atoms with Crippen LogP contribution in [0.25, 0.3) is 0 Å². The van der Waals surface area contributed by atoms with E-state index in [0.29, 0.717) is 11.8 Å². The van der Waals surface area contributed by atoms with Crippen molar-refractivity contribution in [3.8, 4) is 0 Å². The zero-order chi connectivity index (χ0) is 16.4. The van der Waals surface area contributed by atoms with Crippen molar-refractivity contribution < 1.29 is 4.74 Å². The van der Waals surface area contributed by atoms with Gasteiger partial charge in [-0.1, -0.05) is 25.1 Å². The Bertz CT molecular complexity index is 448. The van der Waals surface area contributed by atoms with Gasteiger partial charge in [-0.2, -0.15) is 0 Å². The van der Waals surface area contributed by atoms with Crippen molar-refractivity contribution >= 4 is 17.7 Å². The summed E-state index contributed by atoms with van der Waals surface area (Å²) >= 11 is 1.86. The maximum atomic E-state index is 5.40. The Balaban J connectivity index is 2.48. The molecule has 0 aromatic heterocycles. The fourth-order valence-corrected chi connectivity index (χ4v) is 2.63. The molecule has 0 aliphatic carbocycles. The minimum Gasteiger partial charge on any atom is -0.377 e. The van der Waals surface area contributed by atoms with Gasteiger partial charge in [0.2, 0.25) is 0 Å². The first-order valence-electron chi connectivity index (χ1n) is 7.76. The third-order valence-electron chi connectivity index (χ3n) is 3.15. The number of nitrogens with one attached hydrogen (secondary N) is 2. The predicted octanol–water partition coefficient (Wildman–Crippen LogP) is 3.15. The van der Waals surface area contributed by atoms with Crippen LogP contribution in [0.3, 0.4) is 0 Å². The smallest absolute Gasteiger partial charge is 0.191 e. The highest BCUT2D eigenvalue weighted by atomic mass is 32.2. The quantitative estimate of drug-likeness (QED) is 0.438. The molecule has 0 saturated heterocycles. The van der Waals surface area contributed by atoms with E-state index < -0.39 is 0 Å². The van der Waals surface area contributed by atoms with Crippen LogP contribution in [0.15, 0.2) is 40.2 Å². The summed E-state index contributed by atoms with van der Waals surface area (Å²) < 4.78 is 5.40. The average molecular weight is 324 g/mol. The summed E-state index contributed by atoms with van der Waals surface area (Å²) in [5.74, 6) is 0.841. The van der Waals surface area contributed by atoms with Crippen molar-refractivity contribution in [3.05, 3.63) is 30.3 Å². The Kier molecular flexibility index (Phi) is 8.35. The molecule has 1 atom stereocenters. The molecule has 4 nitrogen and oxygen atoms in total. The molecule has 2 N–H and O–H groups in total. The highest BCUT2D eigenvalue weighted by Gasteiger charge is 2.15. The molecule has 0 saturated carbocycles. The van der Waals surface area contributed by atoms with Crippen LogP contribution in [0, 0.1) is 0 Å². The molecule has 0 spiro atoms. The zero-order valence-electron chi connectivity index (χ0n) is 14.3. The largest absolute Gasteiger partial charge is 0.377 e. The monoisotopic (exact) mass is 323 g/mol. The first-order valence-corrected chi connectivity index (χ1v) is 8.64. The number of thioether (sulfide) groups is 1. The van der Waals surface area contributed by atoms with E-state index in [4.69, 9.17) is 4.74 Å². The van der Waals surface area contributed by atoms with E-state index in [0.717, 1.165) is 19.0 Å². The second-order valence-electron chi connectivity index (χ2n) is 5.78. The molecule has 1 rings (SSSR count). The molecular formula is C17H29N3OS. The van der Waals surface area contributed by atoms with Crippen LogP contribution in [0.2, 0.25) is 0 Å². The molecule has 0 fully saturated rings. The van der Waals surface area contributed by atoms with Crippen LogP contribution in [0.1, 0.15) is 27.7 Å². The van der Waals surface area contributed by atoms with Gasteiger partial charge in [0, 0.05) is 30.3 Å². The SMILES string of the molecule is CCNC(=NCC(C)(C)OC)NCC(C)Sc1ccccc1. The van der Waals surface area contributed by atoms with Gasteiger partial charge in [0.1, 0.15) is 0 Å². The molecule has 0 radical (unpaired) electrons. The molecule has 1 unspecified atom stereocenters. The van der Waals surface area contributed by atoms with Crippen LogP contribution in [0.5, 0.6) is 0 Å². The zero-order valence-corrected chi connectivity index (χ0v) is 15.2. The number of hydrogen-bond acceptors (Lipinski definition) is 3. The van der Waals surface area contributed by atoms with E-state index in [1.165, 1.54) is 4.90 Å². The van der Waals surface area contributed by atoms with E-state index in [9.17, 15) is 0 Å². The van der Waals surface area contributed by atoms with Gasteiger partial charge in [0.15, 0.2) is 5.96 Å². The molecule has 124 valence electrons. The van der Waals surface area contributed by atoms with Crippen LogP contribution in [0.4, 0.5) is 0 Å². The third kappa shape index (κ3) is 7.71. The minimum absolute atomic E-state index is 0.243. The summed E-state index contributed by atoms with van der Waals surface area (Å²) in [6, 6.07) is 10.5. The Morgan fingerprint density at radius 2 is 1.95 bits per heavy atom. The van der Waals surface area contributed by atoms with Gasteiger partial charge in [-0.05, 0) is 32.9 Å². The molecule has 0 aliphatic rings. The summed E-state index contributed by atoms with van der Waals surface area (Å²) in [4.78, 5) is 5.89. The van der Waals surface area contributed by atoms with Gasteiger partial charge >= 0.3 is 0 Å². The van der Waals surface area contributed by atoms with E-state index >= 15 is 0 Å². The van der Waals surface area contributed by atoms with E-state index in [1.807, 2.05) is 31.7 Å². The maximum Gasteiger partial charge on any atom is 0.191 e. The summed E-state index contributed by atoms with van der Waals surface area (Å²) in [7, 11) is 1.72. The first kappa shape index (κ1) is 18.8. The molecule has 0 bridgehead atoms. The summed E-state index contributed by atoms with van der Waals surface area (Å²) in [5.41, 5.74) is -0.243. The molecule has 1 aromatic carbocycles. The third-order valence-corrected chi connectivity index (χ3v) is 4.27. The number of rotatable bonds is 8.